The number of hydrogen-bond acceptors (Lipinski definition) is 6. The molecule has 1 aliphatic rings. The van der Waals surface area contributed by atoms with Crippen LogP contribution in [0.5, 0.6) is 11.5 Å². The third kappa shape index (κ3) is 6.25. The first kappa shape index (κ1) is 23.5. The van der Waals surface area contributed by atoms with E-state index in [1.807, 2.05) is 55.5 Å². The van der Waals surface area contributed by atoms with Crippen molar-refractivity contribution >= 4 is 17.4 Å². The molecule has 1 aliphatic heterocycles. The highest BCUT2D eigenvalue weighted by Gasteiger charge is 2.16. The summed E-state index contributed by atoms with van der Waals surface area (Å²) in [4.78, 5) is 15.0. The lowest BCUT2D eigenvalue weighted by Gasteiger charge is -2.20. The predicted molar refractivity (Wildman–Crippen MR) is 134 cm³/mol. The SMILES string of the molecule is CCOc1ccc(OC(C)C(=O)Nc2cccc(-c3ccc(N4CCCCCC4)nn3)c2)cc1. The Kier molecular flexibility index (Phi) is 7.96. The third-order valence-corrected chi connectivity index (χ3v) is 5.82. The highest BCUT2D eigenvalue weighted by atomic mass is 16.5. The molecule has 1 atom stereocenters. The van der Waals surface area contributed by atoms with Gasteiger partial charge in [-0.2, -0.15) is 0 Å². The Morgan fingerprint density at radius 1 is 0.971 bits per heavy atom. The molecule has 3 aromatic rings. The van der Waals surface area contributed by atoms with Crippen LogP contribution in [0.4, 0.5) is 11.5 Å². The molecule has 1 aromatic heterocycles. The number of aromatic nitrogens is 2. The zero-order valence-corrected chi connectivity index (χ0v) is 19.9. The summed E-state index contributed by atoms with van der Waals surface area (Å²) in [6, 6.07) is 18.9. The fourth-order valence-electron chi connectivity index (χ4n) is 3.99. The Morgan fingerprint density at radius 2 is 1.71 bits per heavy atom. The van der Waals surface area contributed by atoms with Gasteiger partial charge in [-0.3, -0.25) is 4.79 Å². The van der Waals surface area contributed by atoms with Crippen molar-refractivity contribution in [1.82, 2.24) is 10.2 Å². The van der Waals surface area contributed by atoms with E-state index in [0.29, 0.717) is 18.0 Å². The maximum absolute atomic E-state index is 12.7. The van der Waals surface area contributed by atoms with Crippen LogP contribution < -0.4 is 19.7 Å². The van der Waals surface area contributed by atoms with Crippen LogP contribution in [0.2, 0.25) is 0 Å². The van der Waals surface area contributed by atoms with Crippen molar-refractivity contribution in [3.8, 4) is 22.8 Å². The van der Waals surface area contributed by atoms with Gasteiger partial charge < -0.3 is 19.7 Å². The molecule has 0 bridgehead atoms. The Balaban J connectivity index is 1.37. The lowest BCUT2D eigenvalue weighted by Crippen LogP contribution is -2.30. The van der Waals surface area contributed by atoms with Gasteiger partial charge in [-0.25, -0.2) is 0 Å². The average molecular weight is 461 g/mol. The molecule has 0 radical (unpaired) electrons. The van der Waals surface area contributed by atoms with E-state index in [-0.39, 0.29) is 5.91 Å². The van der Waals surface area contributed by atoms with Gasteiger partial charge in [0.2, 0.25) is 0 Å². The number of ether oxygens (including phenoxy) is 2. The lowest BCUT2D eigenvalue weighted by atomic mass is 10.1. The van der Waals surface area contributed by atoms with E-state index in [0.717, 1.165) is 35.9 Å². The van der Waals surface area contributed by atoms with Crippen LogP contribution >= 0.6 is 0 Å². The molecule has 7 nitrogen and oxygen atoms in total. The van der Waals surface area contributed by atoms with E-state index in [2.05, 4.69) is 20.4 Å². The summed E-state index contributed by atoms with van der Waals surface area (Å²) in [5.41, 5.74) is 2.35. The van der Waals surface area contributed by atoms with E-state index >= 15 is 0 Å². The summed E-state index contributed by atoms with van der Waals surface area (Å²) in [6.07, 6.45) is 4.31. The van der Waals surface area contributed by atoms with Gasteiger partial charge in [0.1, 0.15) is 11.5 Å². The number of benzene rings is 2. The van der Waals surface area contributed by atoms with E-state index < -0.39 is 6.10 Å². The van der Waals surface area contributed by atoms with E-state index in [1.54, 1.807) is 19.1 Å². The van der Waals surface area contributed by atoms with Gasteiger partial charge in [0, 0.05) is 24.3 Å². The second kappa shape index (κ2) is 11.5. The van der Waals surface area contributed by atoms with Crippen molar-refractivity contribution < 1.29 is 14.3 Å². The largest absolute Gasteiger partial charge is 0.494 e. The number of amides is 1. The molecule has 1 N–H and O–H groups in total. The van der Waals surface area contributed by atoms with Gasteiger partial charge in [0.25, 0.3) is 5.91 Å². The maximum atomic E-state index is 12.7. The quantitative estimate of drug-likeness (QED) is 0.490. The number of nitrogens with one attached hydrogen (secondary N) is 1. The molecule has 1 saturated heterocycles. The van der Waals surface area contributed by atoms with Gasteiger partial charge in [-0.1, -0.05) is 25.0 Å². The molecule has 2 aromatic carbocycles. The van der Waals surface area contributed by atoms with E-state index in [1.165, 1.54) is 25.7 Å². The summed E-state index contributed by atoms with van der Waals surface area (Å²) >= 11 is 0. The standard InChI is InChI=1S/C27H32N4O3/c1-3-33-23-11-13-24(14-12-23)34-20(2)27(32)28-22-10-8-9-21(19-22)25-15-16-26(30-29-25)31-17-6-4-5-7-18-31/h8-16,19-20H,3-7,17-18H2,1-2H3,(H,28,32). The van der Waals surface area contributed by atoms with Gasteiger partial charge in [-0.05, 0) is 75.2 Å². The molecule has 178 valence electrons. The summed E-state index contributed by atoms with van der Waals surface area (Å²) in [5.74, 6) is 2.08. The molecule has 0 aliphatic carbocycles. The highest BCUT2D eigenvalue weighted by molar-refractivity contribution is 5.94. The topological polar surface area (TPSA) is 76.6 Å². The summed E-state index contributed by atoms with van der Waals surface area (Å²) < 4.78 is 11.2. The normalized spacial score (nSPS) is 14.7. The van der Waals surface area contributed by atoms with Gasteiger partial charge in [0.15, 0.2) is 11.9 Å². The van der Waals surface area contributed by atoms with Crippen molar-refractivity contribution in [2.75, 3.05) is 29.9 Å². The fourth-order valence-corrected chi connectivity index (χ4v) is 3.99. The maximum Gasteiger partial charge on any atom is 0.265 e. The van der Waals surface area contributed by atoms with Gasteiger partial charge in [0.05, 0.1) is 12.3 Å². The smallest absolute Gasteiger partial charge is 0.265 e. The number of nitrogens with zero attached hydrogens (tertiary/aromatic N) is 3. The Labute approximate surface area is 201 Å². The monoisotopic (exact) mass is 460 g/mol. The minimum Gasteiger partial charge on any atom is -0.494 e. The van der Waals surface area contributed by atoms with Crippen LogP contribution in [0, 0.1) is 0 Å². The molecule has 1 fully saturated rings. The number of anilines is 2. The van der Waals surface area contributed by atoms with E-state index in [4.69, 9.17) is 9.47 Å². The first-order chi connectivity index (χ1) is 16.6. The van der Waals surface area contributed by atoms with Gasteiger partial charge in [-0.15, -0.1) is 10.2 Å². The zero-order chi connectivity index (χ0) is 23.8. The van der Waals surface area contributed by atoms with Crippen LogP contribution in [0.1, 0.15) is 39.5 Å². The summed E-state index contributed by atoms with van der Waals surface area (Å²) in [7, 11) is 0. The number of carbonyl (C=O) groups excluding carboxylic acids is 1. The summed E-state index contributed by atoms with van der Waals surface area (Å²) in [5, 5.41) is 11.8. The second-order valence-electron chi connectivity index (χ2n) is 8.41. The highest BCUT2D eigenvalue weighted by Crippen LogP contribution is 2.24. The molecule has 0 saturated carbocycles. The van der Waals surface area contributed by atoms with Crippen molar-refractivity contribution in [1.29, 1.82) is 0 Å². The number of carbonyl (C=O) groups is 1. The molecule has 1 unspecified atom stereocenters. The van der Waals surface area contributed by atoms with Crippen LogP contribution in [-0.4, -0.2) is 41.9 Å². The van der Waals surface area contributed by atoms with Crippen molar-refractivity contribution in [3.05, 3.63) is 60.7 Å². The molecule has 1 amide bonds. The first-order valence-electron chi connectivity index (χ1n) is 12.0. The molecular weight excluding hydrogens is 428 g/mol. The predicted octanol–water partition coefficient (Wildman–Crippen LogP) is 5.33. The Bertz CT molecular complexity index is 1060. The Hall–Kier alpha value is -3.61. The Morgan fingerprint density at radius 3 is 2.38 bits per heavy atom. The minimum atomic E-state index is -0.658. The summed E-state index contributed by atoms with van der Waals surface area (Å²) in [6.45, 7) is 6.33. The van der Waals surface area contributed by atoms with Crippen LogP contribution in [-0.2, 0) is 4.79 Å². The van der Waals surface area contributed by atoms with Crippen LogP contribution in [0.3, 0.4) is 0 Å². The van der Waals surface area contributed by atoms with Gasteiger partial charge >= 0.3 is 0 Å². The minimum absolute atomic E-state index is 0.228. The van der Waals surface area contributed by atoms with Crippen molar-refractivity contribution in [3.63, 3.8) is 0 Å². The average Bonchev–Trinajstić information content (AvgIpc) is 3.15. The molecule has 4 rings (SSSR count). The third-order valence-electron chi connectivity index (χ3n) is 5.82. The molecular formula is C27H32N4O3. The fraction of sp³-hybridized carbons (Fsp3) is 0.370. The molecule has 7 heteroatoms. The van der Waals surface area contributed by atoms with Crippen LogP contribution in [0.25, 0.3) is 11.3 Å². The number of hydrogen-bond donors (Lipinski definition) is 1. The number of rotatable bonds is 8. The second-order valence-corrected chi connectivity index (χ2v) is 8.41. The van der Waals surface area contributed by atoms with E-state index in [9.17, 15) is 4.79 Å². The molecule has 0 spiro atoms. The zero-order valence-electron chi connectivity index (χ0n) is 19.9. The first-order valence-corrected chi connectivity index (χ1v) is 12.0. The van der Waals surface area contributed by atoms with Crippen molar-refractivity contribution in [2.45, 2.75) is 45.6 Å². The molecule has 2 heterocycles. The lowest BCUT2D eigenvalue weighted by molar-refractivity contribution is -0.122. The van der Waals surface area contributed by atoms with Crippen LogP contribution in [0.15, 0.2) is 60.7 Å². The molecule has 34 heavy (non-hydrogen) atoms. The van der Waals surface area contributed by atoms with Crippen molar-refractivity contribution in [2.24, 2.45) is 0 Å².